The minimum Gasteiger partial charge on any atom is -0.327 e. The summed E-state index contributed by atoms with van der Waals surface area (Å²) in [5.41, 5.74) is 10.4. The van der Waals surface area contributed by atoms with Crippen LogP contribution in [0.25, 0.3) is 0 Å². The Hall–Kier alpha value is -1.97. The van der Waals surface area contributed by atoms with Gasteiger partial charge in [0.2, 0.25) is 0 Å². The van der Waals surface area contributed by atoms with Crippen molar-refractivity contribution in [3.63, 3.8) is 0 Å². The lowest BCUT2D eigenvalue weighted by Gasteiger charge is -2.32. The second kappa shape index (κ2) is 10.4. The molecule has 1 aliphatic heterocycles. The highest BCUT2D eigenvalue weighted by molar-refractivity contribution is 5.83. The Kier molecular flexibility index (Phi) is 7.85. The molecule has 0 bridgehead atoms. The van der Waals surface area contributed by atoms with Crippen LogP contribution < -0.4 is 5.73 Å². The number of carbonyl (C=O) groups is 1. The minimum absolute atomic E-state index is 0.183. The molecule has 1 heterocycles. The Bertz CT molecular complexity index is 784. The van der Waals surface area contributed by atoms with Gasteiger partial charge in [-0.3, -0.25) is 4.79 Å². The van der Waals surface area contributed by atoms with Gasteiger partial charge in [-0.15, -0.1) is 0 Å². The quantitative estimate of drug-likeness (QED) is 0.687. The van der Waals surface area contributed by atoms with E-state index in [0.717, 1.165) is 50.9 Å². The first-order valence-corrected chi connectivity index (χ1v) is 11.5. The summed E-state index contributed by atoms with van der Waals surface area (Å²) in [6, 6.07) is 19.2. The smallest absolute Gasteiger partial charge is 0.140 e. The Labute approximate surface area is 182 Å². The number of piperidine rings is 1. The van der Waals surface area contributed by atoms with Gasteiger partial charge in [-0.25, -0.2) is 0 Å². The van der Waals surface area contributed by atoms with Crippen LogP contribution in [-0.4, -0.2) is 36.4 Å². The Morgan fingerprint density at radius 2 is 1.63 bits per heavy atom. The average Bonchev–Trinajstić information content (AvgIpc) is 2.73. The second-order valence-electron chi connectivity index (χ2n) is 9.94. The van der Waals surface area contributed by atoms with E-state index in [1.54, 1.807) is 0 Å². The molecular weight excluding hydrogens is 368 g/mol. The van der Waals surface area contributed by atoms with E-state index in [1.165, 1.54) is 11.1 Å². The molecule has 2 aromatic rings. The number of Topliss-reactive ketones (excluding diaryl/α,β-unsaturated/α-hetero) is 1. The topological polar surface area (TPSA) is 46.3 Å². The normalized spacial score (nSPS) is 17.1. The maximum Gasteiger partial charge on any atom is 0.140 e. The third-order valence-corrected chi connectivity index (χ3v) is 6.40. The van der Waals surface area contributed by atoms with E-state index in [1.807, 2.05) is 30.3 Å². The van der Waals surface area contributed by atoms with Crippen LogP contribution in [0.2, 0.25) is 0 Å². The van der Waals surface area contributed by atoms with Gasteiger partial charge in [0.05, 0.1) is 0 Å². The van der Waals surface area contributed by atoms with Crippen LogP contribution in [0.1, 0.15) is 56.7 Å². The van der Waals surface area contributed by atoms with Gasteiger partial charge in [-0.05, 0) is 67.4 Å². The van der Waals surface area contributed by atoms with Crippen molar-refractivity contribution in [3.8, 4) is 0 Å². The lowest BCUT2D eigenvalue weighted by atomic mass is 9.86. The maximum absolute atomic E-state index is 12.6. The molecule has 1 unspecified atom stereocenters. The molecule has 2 N–H and O–H groups in total. The first-order chi connectivity index (χ1) is 14.3. The van der Waals surface area contributed by atoms with Gasteiger partial charge in [0.25, 0.3) is 0 Å². The SMILES string of the molecule is CC(C)(C)c1ccc(CC(N)CCN2CCC(C(=O)Cc3ccccc3)CC2)cc1. The van der Waals surface area contributed by atoms with Gasteiger partial charge in [0, 0.05) is 18.4 Å². The monoisotopic (exact) mass is 406 g/mol. The van der Waals surface area contributed by atoms with E-state index in [2.05, 4.69) is 49.9 Å². The number of likely N-dealkylation sites (tertiary alicyclic amines) is 1. The molecule has 1 aliphatic rings. The van der Waals surface area contributed by atoms with Gasteiger partial charge in [-0.2, -0.15) is 0 Å². The molecule has 0 radical (unpaired) electrons. The van der Waals surface area contributed by atoms with Crippen molar-refractivity contribution in [2.45, 2.75) is 64.3 Å². The predicted octanol–water partition coefficient (Wildman–Crippen LogP) is 4.77. The number of carbonyl (C=O) groups excluding carboxylic acids is 1. The van der Waals surface area contributed by atoms with Crippen LogP contribution in [0.15, 0.2) is 54.6 Å². The van der Waals surface area contributed by atoms with E-state index in [0.29, 0.717) is 12.2 Å². The maximum atomic E-state index is 12.6. The molecule has 3 rings (SSSR count). The van der Waals surface area contributed by atoms with Crippen molar-refractivity contribution in [3.05, 3.63) is 71.3 Å². The van der Waals surface area contributed by atoms with Crippen molar-refractivity contribution in [2.75, 3.05) is 19.6 Å². The fourth-order valence-corrected chi connectivity index (χ4v) is 4.31. The van der Waals surface area contributed by atoms with Crippen molar-refractivity contribution in [2.24, 2.45) is 11.7 Å². The molecule has 0 amide bonds. The zero-order chi connectivity index (χ0) is 21.6. The van der Waals surface area contributed by atoms with E-state index >= 15 is 0 Å². The van der Waals surface area contributed by atoms with E-state index < -0.39 is 0 Å². The molecule has 1 saturated heterocycles. The molecule has 0 saturated carbocycles. The average molecular weight is 407 g/mol. The molecule has 162 valence electrons. The van der Waals surface area contributed by atoms with Gasteiger partial charge >= 0.3 is 0 Å². The van der Waals surface area contributed by atoms with Crippen molar-refractivity contribution < 1.29 is 4.79 Å². The summed E-state index contributed by atoms with van der Waals surface area (Å²) in [5.74, 6) is 0.618. The van der Waals surface area contributed by atoms with E-state index in [-0.39, 0.29) is 17.4 Å². The molecular formula is C27H38N2O. The van der Waals surface area contributed by atoms with Crippen molar-refractivity contribution in [1.29, 1.82) is 0 Å². The Morgan fingerprint density at radius 3 is 2.23 bits per heavy atom. The van der Waals surface area contributed by atoms with E-state index in [9.17, 15) is 4.79 Å². The molecule has 1 atom stereocenters. The third-order valence-electron chi connectivity index (χ3n) is 6.40. The molecule has 1 fully saturated rings. The lowest BCUT2D eigenvalue weighted by Crippen LogP contribution is -2.39. The van der Waals surface area contributed by atoms with Crippen LogP contribution >= 0.6 is 0 Å². The number of nitrogens with zero attached hydrogens (tertiary/aromatic N) is 1. The first kappa shape index (κ1) is 22.7. The number of rotatable bonds is 8. The summed E-state index contributed by atoms with van der Waals surface area (Å²) >= 11 is 0. The van der Waals surface area contributed by atoms with Crippen LogP contribution in [0, 0.1) is 5.92 Å². The van der Waals surface area contributed by atoms with Crippen LogP contribution in [0.5, 0.6) is 0 Å². The fraction of sp³-hybridized carbons (Fsp3) is 0.519. The number of nitrogens with two attached hydrogens (primary N) is 1. The highest BCUT2D eigenvalue weighted by atomic mass is 16.1. The third kappa shape index (κ3) is 6.78. The van der Waals surface area contributed by atoms with Crippen molar-refractivity contribution >= 4 is 5.78 Å². The van der Waals surface area contributed by atoms with Gasteiger partial charge in [0.15, 0.2) is 0 Å². The number of ketones is 1. The predicted molar refractivity (Wildman–Crippen MR) is 126 cm³/mol. The van der Waals surface area contributed by atoms with Gasteiger partial charge in [-0.1, -0.05) is 75.4 Å². The molecule has 30 heavy (non-hydrogen) atoms. The summed E-state index contributed by atoms with van der Waals surface area (Å²) in [7, 11) is 0. The molecule has 2 aromatic carbocycles. The molecule has 0 aromatic heterocycles. The van der Waals surface area contributed by atoms with Crippen LogP contribution in [-0.2, 0) is 23.1 Å². The minimum atomic E-state index is 0.183. The largest absolute Gasteiger partial charge is 0.327 e. The highest BCUT2D eigenvalue weighted by Crippen LogP contribution is 2.23. The standard InChI is InChI=1S/C27H38N2O/c1-27(2,3)24-11-9-22(10-12-24)19-25(28)15-18-29-16-13-23(14-17-29)26(30)20-21-7-5-4-6-8-21/h4-12,23,25H,13-20,28H2,1-3H3. The second-order valence-corrected chi connectivity index (χ2v) is 9.94. The molecule has 0 spiro atoms. The number of benzene rings is 2. The summed E-state index contributed by atoms with van der Waals surface area (Å²) in [6.45, 7) is 9.78. The molecule has 0 aliphatic carbocycles. The van der Waals surface area contributed by atoms with Gasteiger partial charge in [0.1, 0.15) is 5.78 Å². The molecule has 3 nitrogen and oxygen atoms in total. The summed E-state index contributed by atoms with van der Waals surface area (Å²) in [6.07, 6.45) is 4.47. The van der Waals surface area contributed by atoms with Crippen LogP contribution in [0.3, 0.4) is 0 Å². The van der Waals surface area contributed by atoms with Gasteiger partial charge < -0.3 is 10.6 Å². The Morgan fingerprint density at radius 1 is 1.00 bits per heavy atom. The highest BCUT2D eigenvalue weighted by Gasteiger charge is 2.25. The Balaban J connectivity index is 1.37. The molecule has 3 heteroatoms. The number of hydrogen-bond acceptors (Lipinski definition) is 3. The fourth-order valence-electron chi connectivity index (χ4n) is 4.31. The zero-order valence-electron chi connectivity index (χ0n) is 18.9. The summed E-state index contributed by atoms with van der Waals surface area (Å²) in [5, 5.41) is 0. The van der Waals surface area contributed by atoms with E-state index in [4.69, 9.17) is 5.73 Å². The summed E-state index contributed by atoms with van der Waals surface area (Å²) in [4.78, 5) is 15.1. The van der Waals surface area contributed by atoms with Crippen LogP contribution in [0.4, 0.5) is 0 Å². The summed E-state index contributed by atoms with van der Waals surface area (Å²) < 4.78 is 0. The first-order valence-electron chi connectivity index (χ1n) is 11.5. The zero-order valence-corrected chi connectivity index (χ0v) is 18.9. The lowest BCUT2D eigenvalue weighted by molar-refractivity contribution is -0.123. The number of hydrogen-bond donors (Lipinski definition) is 1. The van der Waals surface area contributed by atoms with Crippen molar-refractivity contribution in [1.82, 2.24) is 4.90 Å².